The molecule has 104 valence electrons. The minimum atomic E-state index is 0.791. The zero-order valence-electron chi connectivity index (χ0n) is 11.7. The summed E-state index contributed by atoms with van der Waals surface area (Å²) in [5.41, 5.74) is 3.64. The Hall–Kier alpha value is -1.68. The van der Waals surface area contributed by atoms with Gasteiger partial charge < -0.3 is 0 Å². The van der Waals surface area contributed by atoms with Crippen molar-refractivity contribution in [2.45, 2.75) is 32.6 Å². The molecule has 0 unspecified atom stereocenters. The van der Waals surface area contributed by atoms with Crippen LogP contribution in [0.25, 0.3) is 11.3 Å². The summed E-state index contributed by atoms with van der Waals surface area (Å²) in [6, 6.07) is 10.4. The van der Waals surface area contributed by atoms with Crippen molar-refractivity contribution < 1.29 is 0 Å². The summed E-state index contributed by atoms with van der Waals surface area (Å²) >= 11 is 1.67. The molecule has 3 nitrogen and oxygen atoms in total. The van der Waals surface area contributed by atoms with E-state index < -0.39 is 0 Å². The van der Waals surface area contributed by atoms with Gasteiger partial charge in [-0.3, -0.25) is 4.99 Å². The minimum Gasteiger partial charge on any atom is -0.258 e. The topological polar surface area (TPSA) is 29.6 Å². The molecular weight excluding hydrogens is 266 g/mol. The van der Waals surface area contributed by atoms with E-state index in [1.807, 2.05) is 10.7 Å². The van der Waals surface area contributed by atoms with E-state index in [9.17, 15) is 0 Å². The number of hydrogen-bond acceptors (Lipinski definition) is 3. The summed E-state index contributed by atoms with van der Waals surface area (Å²) < 4.78 is 2.03. The van der Waals surface area contributed by atoms with Gasteiger partial charge in [-0.25, -0.2) is 4.68 Å². The molecule has 0 saturated heterocycles. The molecule has 0 spiro atoms. The zero-order chi connectivity index (χ0) is 13.8. The molecule has 0 aliphatic heterocycles. The van der Waals surface area contributed by atoms with Crippen molar-refractivity contribution in [3.8, 4) is 11.3 Å². The molecule has 1 aromatic heterocycles. The largest absolute Gasteiger partial charge is 0.258 e. The van der Waals surface area contributed by atoms with Gasteiger partial charge in [0.1, 0.15) is 0 Å². The van der Waals surface area contributed by atoms with Crippen LogP contribution in [0.15, 0.2) is 45.8 Å². The van der Waals surface area contributed by atoms with Crippen LogP contribution in [0.2, 0.25) is 0 Å². The van der Waals surface area contributed by atoms with Gasteiger partial charge in [0.2, 0.25) is 4.80 Å². The molecule has 20 heavy (non-hydrogen) atoms. The first-order valence-corrected chi connectivity index (χ1v) is 8.09. The molecule has 0 bridgehead atoms. The predicted octanol–water partition coefficient (Wildman–Crippen LogP) is 3.92. The van der Waals surface area contributed by atoms with Crippen LogP contribution in [0.1, 0.15) is 32.6 Å². The third kappa shape index (κ3) is 2.75. The van der Waals surface area contributed by atoms with Gasteiger partial charge in [-0.2, -0.15) is 5.10 Å². The molecule has 0 N–H and O–H groups in total. The smallest absolute Gasteiger partial charge is 0.206 e. The van der Waals surface area contributed by atoms with E-state index in [1.165, 1.54) is 24.1 Å². The first kappa shape index (κ1) is 13.3. The summed E-state index contributed by atoms with van der Waals surface area (Å²) in [7, 11) is 0. The standard InChI is InChI=1S/C16H19N3S/c1-2-17-16-19(18-14-10-6-7-11-14)15(12-20-16)13-8-4-3-5-9-13/h3-5,8-9,12H,2,6-7,10-11H2,1H3. The van der Waals surface area contributed by atoms with E-state index in [0.717, 1.165) is 29.9 Å². The normalized spacial score (nSPS) is 15.8. The molecule has 1 aromatic carbocycles. The summed E-state index contributed by atoms with van der Waals surface area (Å²) in [5.74, 6) is 0. The Labute approximate surface area is 123 Å². The molecule has 2 aromatic rings. The molecule has 1 saturated carbocycles. The highest BCUT2D eigenvalue weighted by Crippen LogP contribution is 2.21. The van der Waals surface area contributed by atoms with Crippen LogP contribution in [0, 0.1) is 0 Å². The van der Waals surface area contributed by atoms with E-state index >= 15 is 0 Å². The van der Waals surface area contributed by atoms with Gasteiger partial charge in [0.15, 0.2) is 0 Å². The van der Waals surface area contributed by atoms with Gasteiger partial charge in [0.05, 0.1) is 5.69 Å². The van der Waals surface area contributed by atoms with Gasteiger partial charge >= 0.3 is 0 Å². The molecule has 1 heterocycles. The zero-order valence-corrected chi connectivity index (χ0v) is 12.6. The second-order valence-corrected chi connectivity index (χ2v) is 5.77. The molecule has 0 amide bonds. The van der Waals surface area contributed by atoms with Crippen LogP contribution in [-0.2, 0) is 0 Å². The van der Waals surface area contributed by atoms with Crippen molar-refractivity contribution in [3.05, 3.63) is 40.5 Å². The summed E-state index contributed by atoms with van der Waals surface area (Å²) in [6.07, 6.45) is 4.79. The first-order chi connectivity index (χ1) is 9.88. The Kier molecular flexibility index (Phi) is 4.11. The molecule has 0 atom stereocenters. The first-order valence-electron chi connectivity index (χ1n) is 7.21. The average molecular weight is 285 g/mol. The Bertz CT molecular complexity index is 657. The molecule has 1 aliphatic carbocycles. The molecule has 1 aliphatic rings. The second-order valence-electron chi connectivity index (χ2n) is 4.93. The maximum absolute atomic E-state index is 4.86. The monoisotopic (exact) mass is 285 g/mol. The highest BCUT2D eigenvalue weighted by atomic mass is 32.1. The Balaban J connectivity index is 2.11. The fourth-order valence-corrected chi connectivity index (χ4v) is 3.37. The third-order valence-corrected chi connectivity index (χ3v) is 4.32. The van der Waals surface area contributed by atoms with E-state index in [1.54, 1.807) is 11.3 Å². The highest BCUT2D eigenvalue weighted by Gasteiger charge is 2.12. The average Bonchev–Trinajstić information content (AvgIpc) is 3.12. The lowest BCUT2D eigenvalue weighted by Gasteiger charge is -2.04. The quantitative estimate of drug-likeness (QED) is 0.818. The van der Waals surface area contributed by atoms with Crippen LogP contribution < -0.4 is 4.80 Å². The fraction of sp³-hybridized carbons (Fsp3) is 0.375. The van der Waals surface area contributed by atoms with Crippen molar-refractivity contribution >= 4 is 17.0 Å². The van der Waals surface area contributed by atoms with E-state index in [0.29, 0.717) is 0 Å². The molecule has 0 radical (unpaired) electrons. The van der Waals surface area contributed by atoms with Gasteiger partial charge in [0, 0.05) is 23.2 Å². The molecule has 4 heteroatoms. The molecular formula is C16H19N3S. The van der Waals surface area contributed by atoms with Crippen LogP contribution in [0.3, 0.4) is 0 Å². The van der Waals surface area contributed by atoms with Gasteiger partial charge in [-0.15, -0.1) is 11.3 Å². The van der Waals surface area contributed by atoms with Crippen molar-refractivity contribution in [3.63, 3.8) is 0 Å². The Morgan fingerprint density at radius 2 is 1.90 bits per heavy atom. The number of aromatic nitrogens is 1. The lowest BCUT2D eigenvalue weighted by atomic mass is 10.2. The second kappa shape index (κ2) is 6.18. The predicted molar refractivity (Wildman–Crippen MR) is 85.2 cm³/mol. The van der Waals surface area contributed by atoms with Crippen molar-refractivity contribution in [2.75, 3.05) is 6.54 Å². The van der Waals surface area contributed by atoms with E-state index in [-0.39, 0.29) is 0 Å². The van der Waals surface area contributed by atoms with E-state index in [4.69, 9.17) is 5.10 Å². The Morgan fingerprint density at radius 3 is 2.60 bits per heavy atom. The summed E-state index contributed by atoms with van der Waals surface area (Å²) in [6.45, 7) is 2.86. The van der Waals surface area contributed by atoms with Crippen LogP contribution >= 0.6 is 11.3 Å². The number of rotatable bonds is 3. The van der Waals surface area contributed by atoms with Gasteiger partial charge in [0.25, 0.3) is 0 Å². The minimum absolute atomic E-state index is 0.791. The van der Waals surface area contributed by atoms with E-state index in [2.05, 4.69) is 41.6 Å². The maximum atomic E-state index is 4.86. The number of nitrogens with zero attached hydrogens (tertiary/aromatic N) is 3. The van der Waals surface area contributed by atoms with Gasteiger partial charge in [-0.1, -0.05) is 30.3 Å². The van der Waals surface area contributed by atoms with Crippen molar-refractivity contribution in [1.29, 1.82) is 0 Å². The summed E-state index contributed by atoms with van der Waals surface area (Å²) in [5, 5.41) is 7.02. The maximum Gasteiger partial charge on any atom is 0.206 e. The third-order valence-electron chi connectivity index (χ3n) is 3.47. The van der Waals surface area contributed by atoms with Crippen molar-refractivity contribution in [1.82, 2.24) is 4.68 Å². The highest BCUT2D eigenvalue weighted by molar-refractivity contribution is 7.07. The van der Waals surface area contributed by atoms with Crippen molar-refractivity contribution in [2.24, 2.45) is 10.1 Å². The SMILES string of the molecule is CCN=c1scc(-c2ccccc2)n1N=C1CCCC1. The summed E-state index contributed by atoms with van der Waals surface area (Å²) in [4.78, 5) is 5.56. The fourth-order valence-electron chi connectivity index (χ4n) is 2.47. The number of thiazole rings is 1. The van der Waals surface area contributed by atoms with Gasteiger partial charge in [-0.05, 0) is 32.6 Å². The van der Waals surface area contributed by atoms with Crippen LogP contribution in [0.5, 0.6) is 0 Å². The molecule has 3 rings (SSSR count). The molecule has 1 fully saturated rings. The Morgan fingerprint density at radius 1 is 1.15 bits per heavy atom. The van der Waals surface area contributed by atoms with Crippen LogP contribution in [0.4, 0.5) is 0 Å². The lowest BCUT2D eigenvalue weighted by molar-refractivity contribution is 0.821. The lowest BCUT2D eigenvalue weighted by Crippen LogP contribution is -2.14. The number of hydrogen-bond donors (Lipinski definition) is 0. The van der Waals surface area contributed by atoms with Crippen LogP contribution in [-0.4, -0.2) is 16.9 Å². The number of benzene rings is 1.